The second-order valence-corrected chi connectivity index (χ2v) is 7.26. The van der Waals surface area contributed by atoms with Crippen LogP contribution in [0.5, 0.6) is 0 Å². The van der Waals surface area contributed by atoms with Gasteiger partial charge in [0.05, 0.1) is 6.54 Å². The Morgan fingerprint density at radius 1 is 1.07 bits per heavy atom. The summed E-state index contributed by atoms with van der Waals surface area (Å²) in [4.78, 5) is 9.83. The SMILES string of the molecule is CCNC(=NCC(C)N1CCN(c2ccccc2)CC1)NCCCCOCC.I. The van der Waals surface area contributed by atoms with Crippen LogP contribution in [0.2, 0.25) is 0 Å². The fraction of sp³-hybridized carbons (Fsp3) is 0.682. The third kappa shape index (κ3) is 10.00. The number of anilines is 1. The zero-order valence-corrected chi connectivity index (χ0v) is 20.7. The van der Waals surface area contributed by atoms with Crippen molar-refractivity contribution < 1.29 is 4.74 Å². The molecule has 0 amide bonds. The first kappa shape index (κ1) is 26.0. The molecule has 1 heterocycles. The number of halogens is 1. The molecule has 1 fully saturated rings. The highest BCUT2D eigenvalue weighted by Crippen LogP contribution is 2.16. The molecule has 0 saturated carbocycles. The lowest BCUT2D eigenvalue weighted by molar-refractivity contribution is 0.143. The number of hydrogen-bond donors (Lipinski definition) is 2. The molecule has 1 aliphatic heterocycles. The van der Waals surface area contributed by atoms with Crippen LogP contribution >= 0.6 is 24.0 Å². The summed E-state index contributed by atoms with van der Waals surface area (Å²) in [6.07, 6.45) is 2.18. The summed E-state index contributed by atoms with van der Waals surface area (Å²) in [5.41, 5.74) is 1.33. The standard InChI is InChI=1S/C22H39N5O.HI/c1-4-23-22(24-13-9-10-18-28-5-2)25-19-20(3)26-14-16-27(17-15-26)21-11-7-6-8-12-21;/h6-8,11-12,20H,4-5,9-10,13-19H2,1-3H3,(H2,23,24,25);1H. The topological polar surface area (TPSA) is 52.1 Å². The molecule has 1 unspecified atom stereocenters. The van der Waals surface area contributed by atoms with Crippen molar-refractivity contribution in [1.29, 1.82) is 0 Å². The van der Waals surface area contributed by atoms with E-state index < -0.39 is 0 Å². The van der Waals surface area contributed by atoms with Gasteiger partial charge in [0, 0.05) is 64.2 Å². The van der Waals surface area contributed by atoms with E-state index in [1.807, 2.05) is 6.92 Å². The predicted molar refractivity (Wildman–Crippen MR) is 135 cm³/mol. The van der Waals surface area contributed by atoms with Crippen molar-refractivity contribution in [1.82, 2.24) is 15.5 Å². The lowest BCUT2D eigenvalue weighted by atomic mass is 10.2. The summed E-state index contributed by atoms with van der Waals surface area (Å²) in [6.45, 7) is 15.1. The quantitative estimate of drug-likeness (QED) is 0.205. The number of hydrogen-bond acceptors (Lipinski definition) is 4. The Morgan fingerprint density at radius 3 is 2.45 bits per heavy atom. The summed E-state index contributed by atoms with van der Waals surface area (Å²) in [7, 11) is 0. The van der Waals surface area contributed by atoms with Crippen LogP contribution in [-0.4, -0.2) is 75.9 Å². The van der Waals surface area contributed by atoms with Gasteiger partial charge >= 0.3 is 0 Å². The maximum atomic E-state index is 5.39. The average Bonchev–Trinajstić information content (AvgIpc) is 2.75. The van der Waals surface area contributed by atoms with Gasteiger partial charge in [-0.2, -0.15) is 0 Å². The molecule has 29 heavy (non-hydrogen) atoms. The number of guanidine groups is 1. The molecule has 1 aliphatic rings. The fourth-order valence-corrected chi connectivity index (χ4v) is 3.42. The normalized spacial score (nSPS) is 16.2. The van der Waals surface area contributed by atoms with Crippen molar-refractivity contribution in [3.8, 4) is 0 Å². The van der Waals surface area contributed by atoms with Crippen LogP contribution in [0.25, 0.3) is 0 Å². The molecular formula is C22H40IN5O. The van der Waals surface area contributed by atoms with E-state index in [-0.39, 0.29) is 24.0 Å². The van der Waals surface area contributed by atoms with Gasteiger partial charge < -0.3 is 20.3 Å². The maximum absolute atomic E-state index is 5.39. The van der Waals surface area contributed by atoms with Gasteiger partial charge in [-0.1, -0.05) is 18.2 Å². The molecule has 7 heteroatoms. The van der Waals surface area contributed by atoms with Gasteiger partial charge in [0.2, 0.25) is 0 Å². The molecule has 1 aromatic carbocycles. The van der Waals surface area contributed by atoms with Crippen LogP contribution in [0, 0.1) is 0 Å². The molecule has 0 aromatic heterocycles. The van der Waals surface area contributed by atoms with E-state index >= 15 is 0 Å². The van der Waals surface area contributed by atoms with Crippen molar-refractivity contribution in [3.63, 3.8) is 0 Å². The molecule has 1 atom stereocenters. The van der Waals surface area contributed by atoms with E-state index in [1.165, 1.54) is 5.69 Å². The Hall–Kier alpha value is -1.06. The third-order valence-electron chi connectivity index (χ3n) is 5.13. The van der Waals surface area contributed by atoms with Crippen LogP contribution in [0.1, 0.15) is 33.6 Å². The van der Waals surface area contributed by atoms with Gasteiger partial charge in [-0.05, 0) is 45.7 Å². The molecular weight excluding hydrogens is 477 g/mol. The number of ether oxygens (including phenoxy) is 1. The van der Waals surface area contributed by atoms with E-state index in [1.54, 1.807) is 0 Å². The molecule has 6 nitrogen and oxygen atoms in total. The molecule has 2 N–H and O–H groups in total. The van der Waals surface area contributed by atoms with Crippen molar-refractivity contribution in [2.24, 2.45) is 4.99 Å². The van der Waals surface area contributed by atoms with E-state index in [2.05, 4.69) is 64.6 Å². The maximum Gasteiger partial charge on any atom is 0.191 e. The number of rotatable bonds is 11. The molecule has 166 valence electrons. The number of nitrogens with zero attached hydrogens (tertiary/aromatic N) is 3. The molecule has 0 aliphatic carbocycles. The second-order valence-electron chi connectivity index (χ2n) is 7.26. The van der Waals surface area contributed by atoms with Crippen LogP contribution in [-0.2, 0) is 4.74 Å². The number of unbranched alkanes of at least 4 members (excludes halogenated alkanes) is 1. The Bertz CT molecular complexity index is 549. The summed E-state index contributed by atoms with van der Waals surface area (Å²) in [5, 5.41) is 6.79. The summed E-state index contributed by atoms with van der Waals surface area (Å²) < 4.78 is 5.39. The van der Waals surface area contributed by atoms with Crippen molar-refractivity contribution in [2.75, 3.05) is 63.9 Å². The monoisotopic (exact) mass is 517 g/mol. The van der Waals surface area contributed by atoms with Crippen LogP contribution in [0.3, 0.4) is 0 Å². The number of piperazine rings is 1. The average molecular weight is 518 g/mol. The van der Waals surface area contributed by atoms with E-state index in [9.17, 15) is 0 Å². The Labute approximate surface area is 194 Å². The number of nitrogens with one attached hydrogen (secondary N) is 2. The van der Waals surface area contributed by atoms with E-state index in [0.717, 1.165) is 77.8 Å². The lowest BCUT2D eigenvalue weighted by Gasteiger charge is -2.38. The smallest absolute Gasteiger partial charge is 0.191 e. The summed E-state index contributed by atoms with van der Waals surface area (Å²) in [5.74, 6) is 0.925. The highest BCUT2D eigenvalue weighted by molar-refractivity contribution is 14.0. The molecule has 0 bridgehead atoms. The van der Waals surface area contributed by atoms with E-state index in [4.69, 9.17) is 9.73 Å². The van der Waals surface area contributed by atoms with Gasteiger partial charge in [0.1, 0.15) is 0 Å². The van der Waals surface area contributed by atoms with E-state index in [0.29, 0.717) is 6.04 Å². The number of para-hydroxylation sites is 1. The van der Waals surface area contributed by atoms with Crippen LogP contribution < -0.4 is 15.5 Å². The van der Waals surface area contributed by atoms with Crippen LogP contribution in [0.15, 0.2) is 35.3 Å². The second kappa shape index (κ2) is 15.7. The number of benzene rings is 1. The highest BCUT2D eigenvalue weighted by Gasteiger charge is 2.21. The van der Waals surface area contributed by atoms with Gasteiger partial charge in [0.15, 0.2) is 5.96 Å². The van der Waals surface area contributed by atoms with Crippen LogP contribution in [0.4, 0.5) is 5.69 Å². The first-order chi connectivity index (χ1) is 13.7. The Kier molecular flexibility index (Phi) is 14.1. The largest absolute Gasteiger partial charge is 0.382 e. The molecule has 2 rings (SSSR count). The zero-order chi connectivity index (χ0) is 20.0. The third-order valence-corrected chi connectivity index (χ3v) is 5.13. The minimum absolute atomic E-state index is 0. The minimum atomic E-state index is 0. The van der Waals surface area contributed by atoms with Gasteiger partial charge in [-0.25, -0.2) is 0 Å². The van der Waals surface area contributed by atoms with Crippen molar-refractivity contribution in [2.45, 2.75) is 39.7 Å². The lowest BCUT2D eigenvalue weighted by Crippen LogP contribution is -2.50. The first-order valence-electron chi connectivity index (χ1n) is 10.9. The first-order valence-corrected chi connectivity index (χ1v) is 10.9. The summed E-state index contributed by atoms with van der Waals surface area (Å²) >= 11 is 0. The van der Waals surface area contributed by atoms with Gasteiger partial charge in [-0.3, -0.25) is 9.89 Å². The fourth-order valence-electron chi connectivity index (χ4n) is 3.42. The molecule has 1 aromatic rings. The number of aliphatic imine (C=N–C) groups is 1. The summed E-state index contributed by atoms with van der Waals surface area (Å²) in [6, 6.07) is 11.2. The molecule has 0 spiro atoms. The highest BCUT2D eigenvalue weighted by atomic mass is 127. The molecule has 1 saturated heterocycles. The van der Waals surface area contributed by atoms with Gasteiger partial charge in [0.25, 0.3) is 0 Å². The zero-order valence-electron chi connectivity index (χ0n) is 18.4. The predicted octanol–water partition coefficient (Wildman–Crippen LogP) is 3.19. The van der Waals surface area contributed by atoms with Crippen molar-refractivity contribution in [3.05, 3.63) is 30.3 Å². The minimum Gasteiger partial charge on any atom is -0.382 e. The molecule has 0 radical (unpaired) electrons. The van der Waals surface area contributed by atoms with Crippen molar-refractivity contribution >= 4 is 35.6 Å². The Balaban J connectivity index is 0.00000420. The van der Waals surface area contributed by atoms with Gasteiger partial charge in [-0.15, -0.1) is 24.0 Å². The Morgan fingerprint density at radius 2 is 1.79 bits per heavy atom.